The van der Waals surface area contributed by atoms with Crippen molar-refractivity contribution in [2.45, 2.75) is 0 Å². The van der Waals surface area contributed by atoms with E-state index in [9.17, 15) is 13.2 Å². The number of hydrogen-bond acceptors (Lipinski definition) is 3. The van der Waals surface area contributed by atoms with Gasteiger partial charge in [0.1, 0.15) is 27.8 Å². The molecule has 0 aliphatic carbocycles. The molecule has 0 radical (unpaired) electrons. The quantitative estimate of drug-likeness (QED) is 0.617. The summed E-state index contributed by atoms with van der Waals surface area (Å²) in [5.41, 5.74) is -0.894. The van der Waals surface area contributed by atoms with Crippen molar-refractivity contribution in [1.29, 1.82) is 0 Å². The van der Waals surface area contributed by atoms with Gasteiger partial charge in [-0.25, -0.2) is 13.2 Å². The molecule has 10 heteroatoms. The Labute approximate surface area is 130 Å². The van der Waals surface area contributed by atoms with E-state index >= 15 is 0 Å². The first kappa shape index (κ1) is 14.4. The van der Waals surface area contributed by atoms with Crippen molar-refractivity contribution in [2.75, 3.05) is 0 Å². The maximum atomic E-state index is 13.9. The van der Waals surface area contributed by atoms with Gasteiger partial charge in [0.25, 0.3) is 5.78 Å². The topological polar surface area (TPSA) is 43.1 Å². The number of halogens is 6. The Morgan fingerprint density at radius 2 is 1.52 bits per heavy atom. The van der Waals surface area contributed by atoms with Gasteiger partial charge in [0.15, 0.2) is 0 Å². The predicted molar refractivity (Wildman–Crippen MR) is 71.1 cm³/mol. The Balaban J connectivity index is 2.40. The minimum Gasteiger partial charge on any atom is -0.207 e. The lowest BCUT2D eigenvalue weighted by molar-refractivity contribution is 0.548. The lowest BCUT2D eigenvalue weighted by atomic mass is 10.1. The van der Waals surface area contributed by atoms with Crippen LogP contribution >= 0.6 is 34.8 Å². The summed E-state index contributed by atoms with van der Waals surface area (Å²) in [6.45, 7) is 0. The van der Waals surface area contributed by atoms with E-state index in [1.54, 1.807) is 0 Å². The molecule has 0 fully saturated rings. The highest BCUT2D eigenvalue weighted by molar-refractivity contribution is 6.38. The lowest BCUT2D eigenvalue weighted by Gasteiger charge is -2.09. The molecule has 0 saturated heterocycles. The molecule has 4 nitrogen and oxygen atoms in total. The average molecular weight is 354 g/mol. The highest BCUT2D eigenvalue weighted by atomic mass is 35.5. The molecule has 0 atom stereocenters. The fourth-order valence-corrected chi connectivity index (χ4v) is 2.56. The highest BCUT2D eigenvalue weighted by Gasteiger charge is 2.23. The smallest absolute Gasteiger partial charge is 0.207 e. The van der Waals surface area contributed by atoms with Crippen LogP contribution in [0.2, 0.25) is 15.6 Å². The number of rotatable bonds is 1. The van der Waals surface area contributed by atoms with Gasteiger partial charge < -0.3 is 0 Å². The van der Waals surface area contributed by atoms with Gasteiger partial charge in [-0.3, -0.25) is 0 Å². The summed E-state index contributed by atoms with van der Waals surface area (Å²) in [5, 5.41) is 2.97. The van der Waals surface area contributed by atoms with Crippen molar-refractivity contribution in [3.05, 3.63) is 45.2 Å². The van der Waals surface area contributed by atoms with E-state index in [2.05, 4.69) is 15.1 Å². The fourth-order valence-electron chi connectivity index (χ4n) is 1.81. The summed E-state index contributed by atoms with van der Waals surface area (Å²) in [6, 6.07) is 1.01. The molecule has 2 aromatic heterocycles. The molecule has 1 aromatic carbocycles. The third-order valence-corrected chi connectivity index (χ3v) is 3.40. The van der Waals surface area contributed by atoms with E-state index < -0.39 is 23.0 Å². The first-order valence-electron chi connectivity index (χ1n) is 5.30. The van der Waals surface area contributed by atoms with Crippen LogP contribution in [0.4, 0.5) is 13.2 Å². The number of hydrogen-bond donors (Lipinski definition) is 0. The van der Waals surface area contributed by atoms with Crippen LogP contribution in [0.25, 0.3) is 16.9 Å². The first-order valence-corrected chi connectivity index (χ1v) is 6.44. The fraction of sp³-hybridized carbons (Fsp3) is 0. The zero-order valence-electron chi connectivity index (χ0n) is 9.71. The van der Waals surface area contributed by atoms with E-state index in [0.717, 1.165) is 4.52 Å². The molecular formula is C11H2Cl3F3N4. The third kappa shape index (κ3) is 2.31. The molecule has 3 aromatic rings. The van der Waals surface area contributed by atoms with Crippen molar-refractivity contribution in [2.24, 2.45) is 0 Å². The Morgan fingerprint density at radius 3 is 2.14 bits per heavy atom. The van der Waals surface area contributed by atoms with Gasteiger partial charge >= 0.3 is 0 Å². The van der Waals surface area contributed by atoms with Crippen LogP contribution in [0.1, 0.15) is 0 Å². The minimum atomic E-state index is -1.18. The van der Waals surface area contributed by atoms with E-state index in [0.29, 0.717) is 12.1 Å². The standard InChI is InChI=1S/C11H2Cl3F3N4/c12-8-7(6-4(16)1-3(15)2-5(6)17)9(13)21-11(18-8)19-10(14)20-21/h1-2H. The predicted octanol–water partition coefficient (Wildman–Crippen LogP) is 4.17. The Hall–Kier alpha value is -1.57. The molecule has 0 unspecified atom stereocenters. The van der Waals surface area contributed by atoms with Gasteiger partial charge in [-0.15, -0.1) is 5.10 Å². The number of benzene rings is 1. The molecule has 21 heavy (non-hydrogen) atoms. The largest absolute Gasteiger partial charge is 0.256 e. The normalized spacial score (nSPS) is 11.3. The maximum Gasteiger partial charge on any atom is 0.256 e. The molecule has 0 aliphatic heterocycles. The molecule has 0 amide bonds. The summed E-state index contributed by atoms with van der Waals surface area (Å²) < 4.78 is 41.7. The summed E-state index contributed by atoms with van der Waals surface area (Å²) >= 11 is 17.5. The van der Waals surface area contributed by atoms with E-state index in [1.165, 1.54) is 0 Å². The highest BCUT2D eigenvalue weighted by Crippen LogP contribution is 2.37. The minimum absolute atomic E-state index is 0.0401. The maximum absolute atomic E-state index is 13.9. The number of aromatic nitrogens is 4. The van der Waals surface area contributed by atoms with Gasteiger partial charge in [-0.05, 0) is 11.6 Å². The van der Waals surface area contributed by atoms with Gasteiger partial charge in [-0.2, -0.15) is 14.5 Å². The van der Waals surface area contributed by atoms with E-state index in [1.807, 2.05) is 0 Å². The molecule has 0 N–H and O–H groups in total. The van der Waals surface area contributed by atoms with Crippen molar-refractivity contribution in [3.63, 3.8) is 0 Å². The monoisotopic (exact) mass is 352 g/mol. The lowest BCUT2D eigenvalue weighted by Crippen LogP contribution is -2.01. The van der Waals surface area contributed by atoms with Crippen LogP contribution < -0.4 is 0 Å². The second-order valence-corrected chi connectivity index (χ2v) is 4.96. The molecule has 0 bridgehead atoms. The molecular weight excluding hydrogens is 352 g/mol. The van der Waals surface area contributed by atoms with Crippen molar-refractivity contribution in [1.82, 2.24) is 19.6 Å². The van der Waals surface area contributed by atoms with Crippen molar-refractivity contribution in [3.8, 4) is 11.1 Å². The molecule has 2 heterocycles. The Bertz CT molecular complexity index is 858. The summed E-state index contributed by atoms with van der Waals surface area (Å²) in [5.74, 6) is -3.46. The van der Waals surface area contributed by atoms with Crippen LogP contribution in [0.5, 0.6) is 0 Å². The van der Waals surface area contributed by atoms with Gasteiger partial charge in [0.2, 0.25) is 5.28 Å². The third-order valence-electron chi connectivity index (χ3n) is 2.62. The zero-order valence-corrected chi connectivity index (χ0v) is 12.0. The van der Waals surface area contributed by atoms with Crippen LogP contribution in [0, 0.1) is 17.5 Å². The van der Waals surface area contributed by atoms with Gasteiger partial charge in [-0.1, -0.05) is 23.2 Å². The zero-order chi connectivity index (χ0) is 15.3. The second kappa shape index (κ2) is 5.01. The Kier molecular flexibility index (Phi) is 3.43. The van der Waals surface area contributed by atoms with E-state index in [-0.39, 0.29) is 26.9 Å². The molecule has 0 saturated carbocycles. The average Bonchev–Trinajstić information content (AvgIpc) is 2.73. The van der Waals surface area contributed by atoms with Crippen LogP contribution in [-0.4, -0.2) is 19.6 Å². The van der Waals surface area contributed by atoms with Gasteiger partial charge in [0, 0.05) is 12.1 Å². The summed E-state index contributed by atoms with van der Waals surface area (Å²) in [6.07, 6.45) is 0. The van der Waals surface area contributed by atoms with Crippen LogP contribution in [0.15, 0.2) is 12.1 Å². The second-order valence-electron chi connectivity index (χ2n) is 3.91. The molecule has 108 valence electrons. The van der Waals surface area contributed by atoms with Crippen molar-refractivity contribution < 1.29 is 13.2 Å². The molecule has 0 spiro atoms. The summed E-state index contributed by atoms with van der Waals surface area (Å²) in [4.78, 5) is 7.52. The van der Waals surface area contributed by atoms with E-state index in [4.69, 9.17) is 34.8 Å². The first-order chi connectivity index (χ1) is 9.88. The Morgan fingerprint density at radius 1 is 0.905 bits per heavy atom. The van der Waals surface area contributed by atoms with Crippen LogP contribution in [0.3, 0.4) is 0 Å². The van der Waals surface area contributed by atoms with Gasteiger partial charge in [0.05, 0.1) is 11.1 Å². The molecule has 0 aliphatic rings. The summed E-state index contributed by atoms with van der Waals surface area (Å²) in [7, 11) is 0. The SMILES string of the molecule is Fc1cc(F)c(-c2c(Cl)nc3nc(Cl)nn3c2Cl)c(F)c1. The number of nitrogens with zero attached hydrogens (tertiary/aromatic N) is 4. The number of fused-ring (bicyclic) bond motifs is 1. The van der Waals surface area contributed by atoms with Crippen molar-refractivity contribution >= 4 is 40.6 Å². The molecule has 3 rings (SSSR count). The van der Waals surface area contributed by atoms with Crippen LogP contribution in [-0.2, 0) is 0 Å².